The lowest BCUT2D eigenvalue weighted by Crippen LogP contribution is -1.57. The molecule has 1 heteroatoms. The molecule has 0 aliphatic carbocycles. The second-order valence-corrected chi connectivity index (χ2v) is 0.316. The van der Waals surface area contributed by atoms with Crippen LogP contribution in [0.15, 0.2) is 52.6 Å². The van der Waals surface area contributed by atoms with E-state index in [9.17, 15) is 0 Å². The van der Waals surface area contributed by atoms with E-state index in [4.69, 9.17) is 5.11 Å². The van der Waals surface area contributed by atoms with Gasteiger partial charge in [-0.15, -0.1) is 52.6 Å². The highest BCUT2D eigenvalue weighted by molar-refractivity contribution is 4.23. The van der Waals surface area contributed by atoms with Crippen LogP contribution >= 0.6 is 0 Å². The van der Waals surface area contributed by atoms with Crippen LogP contribution in [0.3, 0.4) is 0 Å². The largest absolute Gasteiger partial charge is 0.397 e. The molecule has 1 N–H and O–H groups in total. The Morgan fingerprint density at radius 1 is 0.727 bits per heavy atom. The molecule has 0 aromatic heterocycles. The smallest absolute Gasteiger partial charge is 0.0402 e. The molecule has 0 heterocycles. The zero-order valence-electron chi connectivity index (χ0n) is 7.81. The van der Waals surface area contributed by atoms with Crippen molar-refractivity contribution >= 4 is 0 Å². The van der Waals surface area contributed by atoms with Gasteiger partial charge in [0, 0.05) is 6.61 Å². The van der Waals surface area contributed by atoms with E-state index in [1.165, 1.54) is 0 Å². The van der Waals surface area contributed by atoms with Gasteiger partial charge in [0.15, 0.2) is 0 Å². The Bertz CT molecular complexity index is 20.1. The van der Waals surface area contributed by atoms with Gasteiger partial charge >= 0.3 is 0 Å². The molecule has 0 aliphatic rings. The van der Waals surface area contributed by atoms with E-state index in [1.807, 2.05) is 0 Å². The van der Waals surface area contributed by atoms with E-state index in [-0.39, 0.29) is 6.61 Å². The van der Waals surface area contributed by atoms with E-state index in [1.54, 1.807) is 6.92 Å². The average Bonchev–Trinajstić information content (AvgIpc) is 2.18. The predicted octanol–water partition coefficient (Wildman–Crippen LogP) is 3.21. The first-order chi connectivity index (χ1) is 5.41. The molecule has 0 saturated carbocycles. The van der Waals surface area contributed by atoms with Crippen molar-refractivity contribution in [2.75, 3.05) is 6.61 Å². The third-order valence-electron chi connectivity index (χ3n) is 0. The maximum atomic E-state index is 7.57. The molecular weight excluding hydrogens is 136 g/mol. The first-order valence-electron chi connectivity index (χ1n) is 3.02. The third kappa shape index (κ3) is 366. The Labute approximate surface area is 72.1 Å². The number of hydrogen-bond donors (Lipinski definition) is 1. The van der Waals surface area contributed by atoms with Gasteiger partial charge in [0.25, 0.3) is 0 Å². The zero-order valence-corrected chi connectivity index (χ0v) is 7.81. The molecule has 0 aliphatic heterocycles. The van der Waals surface area contributed by atoms with E-state index in [2.05, 4.69) is 52.6 Å². The van der Waals surface area contributed by atoms with Gasteiger partial charge in [0.05, 0.1) is 0 Å². The molecule has 68 valence electrons. The maximum absolute atomic E-state index is 7.57. The zero-order chi connectivity index (χ0) is 10.7. The monoisotopic (exact) mass is 158 g/mol. The van der Waals surface area contributed by atoms with Crippen LogP contribution in [0.4, 0.5) is 0 Å². The molecule has 0 atom stereocenters. The van der Waals surface area contributed by atoms with Gasteiger partial charge in [-0.3, -0.25) is 0 Å². The summed E-state index contributed by atoms with van der Waals surface area (Å²) >= 11 is 0. The summed E-state index contributed by atoms with van der Waals surface area (Å²) in [6.45, 7) is 25.9. The summed E-state index contributed by atoms with van der Waals surface area (Å²) in [7, 11) is 0. The molecular formula is C10H22O. The first kappa shape index (κ1) is 32.6. The Morgan fingerprint density at radius 3 is 0.727 bits per heavy atom. The molecule has 0 radical (unpaired) electrons. The second kappa shape index (κ2) is 87400. The quantitative estimate of drug-likeness (QED) is 0.537. The van der Waals surface area contributed by atoms with Crippen LogP contribution in [0.1, 0.15) is 6.92 Å². The predicted molar refractivity (Wildman–Crippen MR) is 57.8 cm³/mol. The molecule has 0 aromatic rings. The SMILES string of the molecule is C=C.C=C.C=C.C=C.CCO. The van der Waals surface area contributed by atoms with Gasteiger partial charge in [-0.1, -0.05) is 0 Å². The Kier molecular flexibility index (Phi) is 259000. The van der Waals surface area contributed by atoms with Crippen LogP contribution < -0.4 is 0 Å². The summed E-state index contributed by atoms with van der Waals surface area (Å²) in [6.07, 6.45) is 0. The van der Waals surface area contributed by atoms with Crippen LogP contribution in [0.5, 0.6) is 0 Å². The minimum absolute atomic E-state index is 0.250. The van der Waals surface area contributed by atoms with Crippen LogP contribution in [0.2, 0.25) is 0 Å². The summed E-state index contributed by atoms with van der Waals surface area (Å²) in [4.78, 5) is 0. The topological polar surface area (TPSA) is 20.2 Å². The van der Waals surface area contributed by atoms with Gasteiger partial charge in [0.1, 0.15) is 0 Å². The lowest BCUT2D eigenvalue weighted by molar-refractivity contribution is 0.318. The fourth-order valence-corrected chi connectivity index (χ4v) is 0. The van der Waals surface area contributed by atoms with Gasteiger partial charge in [0.2, 0.25) is 0 Å². The Balaban J connectivity index is -0.0000000139. The summed E-state index contributed by atoms with van der Waals surface area (Å²) in [6, 6.07) is 0. The standard InChI is InChI=1S/C2H6O.4C2H4/c1-2-3;4*1-2/h3H,2H2,1H3;4*1-2H2. The van der Waals surface area contributed by atoms with Gasteiger partial charge in [-0.2, -0.15) is 0 Å². The number of aliphatic hydroxyl groups is 1. The fraction of sp³-hybridized carbons (Fsp3) is 0.200. The van der Waals surface area contributed by atoms with Crippen molar-refractivity contribution in [3.8, 4) is 0 Å². The van der Waals surface area contributed by atoms with E-state index in [0.29, 0.717) is 0 Å². The molecule has 0 bridgehead atoms. The minimum Gasteiger partial charge on any atom is -0.397 e. The molecule has 0 unspecified atom stereocenters. The van der Waals surface area contributed by atoms with E-state index < -0.39 is 0 Å². The highest BCUT2D eigenvalue weighted by Gasteiger charge is 1.34. The molecule has 0 rings (SSSR count). The molecule has 0 fully saturated rings. The highest BCUT2D eigenvalue weighted by atomic mass is 16.2. The van der Waals surface area contributed by atoms with Crippen LogP contribution in [-0.2, 0) is 0 Å². The Morgan fingerprint density at radius 2 is 0.727 bits per heavy atom. The summed E-state index contributed by atoms with van der Waals surface area (Å²) in [5.41, 5.74) is 0. The van der Waals surface area contributed by atoms with E-state index in [0.717, 1.165) is 0 Å². The number of rotatable bonds is 0. The van der Waals surface area contributed by atoms with Crippen molar-refractivity contribution in [2.45, 2.75) is 6.92 Å². The van der Waals surface area contributed by atoms with Crippen molar-refractivity contribution in [2.24, 2.45) is 0 Å². The number of hydrogen-bond acceptors (Lipinski definition) is 1. The van der Waals surface area contributed by atoms with E-state index >= 15 is 0 Å². The van der Waals surface area contributed by atoms with Gasteiger partial charge < -0.3 is 5.11 Å². The highest BCUT2D eigenvalue weighted by Crippen LogP contribution is 1.30. The molecule has 0 aromatic carbocycles. The molecule has 0 amide bonds. The van der Waals surface area contributed by atoms with Crippen LogP contribution in [-0.4, -0.2) is 11.7 Å². The number of aliphatic hydroxyl groups excluding tert-OH is 1. The summed E-state index contributed by atoms with van der Waals surface area (Å²) in [5.74, 6) is 0. The third-order valence-corrected chi connectivity index (χ3v) is 0. The fourth-order valence-electron chi connectivity index (χ4n) is 0. The maximum Gasteiger partial charge on any atom is 0.0402 e. The van der Waals surface area contributed by atoms with Crippen LogP contribution in [0.25, 0.3) is 0 Å². The molecule has 1 nitrogen and oxygen atoms in total. The Hall–Kier alpha value is -1.08. The molecule has 0 spiro atoms. The minimum atomic E-state index is 0.250. The molecule has 0 saturated heterocycles. The van der Waals surface area contributed by atoms with Crippen molar-refractivity contribution in [1.82, 2.24) is 0 Å². The second-order valence-electron chi connectivity index (χ2n) is 0.316. The molecule has 11 heavy (non-hydrogen) atoms. The van der Waals surface area contributed by atoms with Crippen molar-refractivity contribution in [1.29, 1.82) is 0 Å². The summed E-state index contributed by atoms with van der Waals surface area (Å²) < 4.78 is 0. The van der Waals surface area contributed by atoms with Crippen molar-refractivity contribution < 1.29 is 5.11 Å². The van der Waals surface area contributed by atoms with Crippen molar-refractivity contribution in [3.05, 3.63) is 52.6 Å². The lowest BCUT2D eigenvalue weighted by Gasteiger charge is -1.52. The average molecular weight is 158 g/mol. The van der Waals surface area contributed by atoms with Gasteiger partial charge in [-0.25, -0.2) is 0 Å². The van der Waals surface area contributed by atoms with Crippen LogP contribution in [0, 0.1) is 0 Å². The van der Waals surface area contributed by atoms with Crippen molar-refractivity contribution in [3.63, 3.8) is 0 Å². The van der Waals surface area contributed by atoms with Gasteiger partial charge in [-0.05, 0) is 6.92 Å². The first-order valence-corrected chi connectivity index (χ1v) is 3.02. The normalized spacial score (nSPS) is 3.09. The summed E-state index contributed by atoms with van der Waals surface area (Å²) in [5, 5.41) is 7.57. The lowest BCUT2D eigenvalue weighted by atomic mass is 10.9.